The van der Waals surface area contributed by atoms with Gasteiger partial charge in [0.15, 0.2) is 0 Å². The van der Waals surface area contributed by atoms with Crippen LogP contribution in [-0.4, -0.2) is 38.9 Å². The van der Waals surface area contributed by atoms with Gasteiger partial charge in [-0.15, -0.1) is 0 Å². The number of hydrogen-bond acceptors (Lipinski definition) is 3. The van der Waals surface area contributed by atoms with E-state index in [0.29, 0.717) is 4.31 Å². The molecule has 1 aromatic rings. The first-order valence-electron chi connectivity index (χ1n) is 5.89. The highest BCUT2D eigenvalue weighted by Gasteiger charge is 2.42. The second-order valence-corrected chi connectivity index (χ2v) is 6.41. The smallest absolute Gasteiger partial charge is 0.274 e. The van der Waals surface area contributed by atoms with E-state index in [1.165, 1.54) is 24.3 Å². The molecule has 0 spiro atoms. The van der Waals surface area contributed by atoms with Crippen LogP contribution >= 0.6 is 0 Å². The quantitative estimate of drug-likeness (QED) is 0.895. The summed E-state index contributed by atoms with van der Waals surface area (Å²) < 4.78 is 64.2. The largest absolute Gasteiger partial charge is 0.396 e. The lowest BCUT2D eigenvalue weighted by atomic mass is 9.95. The summed E-state index contributed by atoms with van der Waals surface area (Å²) in [6.45, 7) is 0. The van der Waals surface area contributed by atoms with Gasteiger partial charge in [0, 0.05) is 20.5 Å². The van der Waals surface area contributed by atoms with Gasteiger partial charge in [0.05, 0.1) is 5.92 Å². The maximum Gasteiger partial charge on any atom is 0.396 e. The molecule has 0 aliphatic carbocycles. The molecule has 1 N–H and O–H groups in total. The molecule has 0 saturated carbocycles. The molecule has 0 aliphatic rings. The van der Waals surface area contributed by atoms with Gasteiger partial charge in [0.1, 0.15) is 0 Å². The van der Waals surface area contributed by atoms with Crippen molar-refractivity contribution in [2.45, 2.75) is 18.5 Å². The summed E-state index contributed by atoms with van der Waals surface area (Å²) in [4.78, 5) is 11.6. The zero-order valence-corrected chi connectivity index (χ0v) is 12.2. The molecule has 0 heterocycles. The number of hydrogen-bond donors (Lipinski definition) is 1. The SMILES string of the molecule is CN(C)S(=O)(=O)NC(=O)C[C@@H](c1ccccc1)C(F)(F)F. The summed E-state index contributed by atoms with van der Waals surface area (Å²) in [6.07, 6.45) is -5.65. The van der Waals surface area contributed by atoms with Crippen LogP contribution in [0.25, 0.3) is 0 Å². The monoisotopic (exact) mass is 324 g/mol. The van der Waals surface area contributed by atoms with E-state index in [0.717, 1.165) is 14.1 Å². The number of rotatable bonds is 5. The molecule has 21 heavy (non-hydrogen) atoms. The molecular formula is C12H15F3N2O3S. The van der Waals surface area contributed by atoms with Crippen molar-refractivity contribution in [3.63, 3.8) is 0 Å². The minimum Gasteiger partial charge on any atom is -0.274 e. The van der Waals surface area contributed by atoms with E-state index in [4.69, 9.17) is 0 Å². The van der Waals surface area contributed by atoms with Crippen molar-refractivity contribution in [1.82, 2.24) is 9.03 Å². The molecule has 0 aliphatic heterocycles. The number of amides is 1. The van der Waals surface area contributed by atoms with Crippen LogP contribution in [0.1, 0.15) is 17.9 Å². The molecule has 1 aromatic carbocycles. The van der Waals surface area contributed by atoms with Crippen LogP contribution < -0.4 is 4.72 Å². The van der Waals surface area contributed by atoms with E-state index in [-0.39, 0.29) is 5.56 Å². The van der Waals surface area contributed by atoms with Crippen LogP contribution in [0.3, 0.4) is 0 Å². The Kier molecular flexibility index (Phi) is 5.35. The van der Waals surface area contributed by atoms with Gasteiger partial charge in [-0.05, 0) is 5.56 Å². The summed E-state index contributed by atoms with van der Waals surface area (Å²) >= 11 is 0. The highest BCUT2D eigenvalue weighted by molar-refractivity contribution is 7.87. The molecule has 0 bridgehead atoms. The molecule has 0 unspecified atom stereocenters. The number of nitrogens with zero attached hydrogens (tertiary/aromatic N) is 1. The molecule has 0 radical (unpaired) electrons. The third-order valence-corrected chi connectivity index (χ3v) is 4.16. The van der Waals surface area contributed by atoms with Gasteiger partial charge in [-0.2, -0.15) is 25.9 Å². The van der Waals surface area contributed by atoms with Crippen molar-refractivity contribution in [2.75, 3.05) is 14.1 Å². The first-order chi connectivity index (χ1) is 9.54. The molecule has 5 nitrogen and oxygen atoms in total. The second kappa shape index (κ2) is 6.44. The highest BCUT2D eigenvalue weighted by Crippen LogP contribution is 2.37. The van der Waals surface area contributed by atoms with Gasteiger partial charge in [-0.1, -0.05) is 30.3 Å². The Labute approximate surface area is 120 Å². The van der Waals surface area contributed by atoms with Crippen molar-refractivity contribution >= 4 is 16.1 Å². The van der Waals surface area contributed by atoms with E-state index in [9.17, 15) is 26.4 Å². The summed E-state index contributed by atoms with van der Waals surface area (Å²) in [5, 5.41) is 0. The van der Waals surface area contributed by atoms with E-state index in [1.54, 1.807) is 10.8 Å². The Morgan fingerprint density at radius 2 is 1.76 bits per heavy atom. The Bertz CT molecular complexity index is 586. The van der Waals surface area contributed by atoms with E-state index >= 15 is 0 Å². The zero-order chi connectivity index (χ0) is 16.3. The van der Waals surface area contributed by atoms with Crippen molar-refractivity contribution in [2.24, 2.45) is 0 Å². The lowest BCUT2D eigenvalue weighted by Gasteiger charge is -2.21. The fraction of sp³-hybridized carbons (Fsp3) is 0.417. The Morgan fingerprint density at radius 1 is 1.24 bits per heavy atom. The third kappa shape index (κ3) is 5.01. The average molecular weight is 324 g/mol. The van der Waals surface area contributed by atoms with Crippen LogP contribution in [0.15, 0.2) is 30.3 Å². The lowest BCUT2D eigenvalue weighted by Crippen LogP contribution is -2.40. The Hall–Kier alpha value is -1.61. The van der Waals surface area contributed by atoms with Gasteiger partial charge in [-0.3, -0.25) is 4.79 Å². The van der Waals surface area contributed by atoms with Gasteiger partial charge < -0.3 is 0 Å². The molecule has 9 heteroatoms. The fourth-order valence-electron chi connectivity index (χ4n) is 1.57. The maximum atomic E-state index is 13.0. The van der Waals surface area contributed by atoms with Crippen LogP contribution in [0, 0.1) is 0 Å². The van der Waals surface area contributed by atoms with Gasteiger partial charge in [0.25, 0.3) is 0 Å². The van der Waals surface area contributed by atoms with Crippen LogP contribution in [0.5, 0.6) is 0 Å². The van der Waals surface area contributed by atoms with Gasteiger partial charge >= 0.3 is 16.4 Å². The van der Waals surface area contributed by atoms with E-state index < -0.39 is 34.6 Å². The summed E-state index contributed by atoms with van der Waals surface area (Å²) in [5.74, 6) is -3.27. The summed E-state index contributed by atoms with van der Waals surface area (Å²) in [5.41, 5.74) is -0.0950. The molecule has 118 valence electrons. The van der Waals surface area contributed by atoms with Crippen LogP contribution in [0.4, 0.5) is 13.2 Å². The topological polar surface area (TPSA) is 66.5 Å². The maximum absolute atomic E-state index is 13.0. The Balaban J connectivity index is 2.92. The molecular weight excluding hydrogens is 309 g/mol. The molecule has 1 amide bonds. The minimum atomic E-state index is -4.65. The van der Waals surface area contributed by atoms with Crippen molar-refractivity contribution in [3.8, 4) is 0 Å². The third-order valence-electron chi connectivity index (χ3n) is 2.71. The number of carbonyl (C=O) groups is 1. The standard InChI is InChI=1S/C12H15F3N2O3S/c1-17(2)21(19,20)16-11(18)8-10(12(13,14)15)9-6-4-3-5-7-9/h3-7,10H,8H2,1-2H3,(H,16,18)/t10-/m0/s1. The molecule has 0 fully saturated rings. The number of benzene rings is 1. The first-order valence-corrected chi connectivity index (χ1v) is 7.33. The predicted octanol–water partition coefficient (Wildman–Crippen LogP) is 1.65. The minimum absolute atomic E-state index is 0.0950. The van der Waals surface area contributed by atoms with Gasteiger partial charge in [0.2, 0.25) is 5.91 Å². The number of nitrogens with one attached hydrogen (secondary N) is 1. The fourth-order valence-corrected chi connectivity index (χ4v) is 2.12. The molecule has 1 rings (SSSR count). The molecule has 0 saturated heterocycles. The second-order valence-electron chi connectivity index (χ2n) is 4.52. The van der Waals surface area contributed by atoms with Crippen LogP contribution in [0.2, 0.25) is 0 Å². The van der Waals surface area contributed by atoms with Crippen molar-refractivity contribution in [3.05, 3.63) is 35.9 Å². The number of carbonyl (C=O) groups excluding carboxylic acids is 1. The van der Waals surface area contributed by atoms with E-state index in [1.807, 2.05) is 0 Å². The zero-order valence-electron chi connectivity index (χ0n) is 11.4. The van der Waals surface area contributed by atoms with Gasteiger partial charge in [-0.25, -0.2) is 4.72 Å². The first kappa shape index (κ1) is 17.4. The highest BCUT2D eigenvalue weighted by atomic mass is 32.2. The lowest BCUT2D eigenvalue weighted by molar-refractivity contribution is -0.156. The van der Waals surface area contributed by atoms with Crippen molar-refractivity contribution < 1.29 is 26.4 Å². The average Bonchev–Trinajstić information content (AvgIpc) is 2.35. The normalized spacial score (nSPS) is 14.0. The Morgan fingerprint density at radius 3 is 2.19 bits per heavy atom. The predicted molar refractivity (Wildman–Crippen MR) is 70.6 cm³/mol. The number of alkyl halides is 3. The summed E-state index contributed by atoms with van der Waals surface area (Å²) in [7, 11) is -1.78. The van der Waals surface area contributed by atoms with Crippen LogP contribution in [-0.2, 0) is 15.0 Å². The summed E-state index contributed by atoms with van der Waals surface area (Å²) in [6, 6.07) is 6.87. The van der Waals surface area contributed by atoms with E-state index in [2.05, 4.69) is 0 Å². The number of halogens is 3. The van der Waals surface area contributed by atoms with Crippen molar-refractivity contribution in [1.29, 1.82) is 0 Å². The molecule has 0 aromatic heterocycles. The molecule has 1 atom stereocenters.